The van der Waals surface area contributed by atoms with Crippen molar-refractivity contribution in [2.24, 2.45) is 0 Å². The van der Waals surface area contributed by atoms with Crippen LogP contribution in [0, 0.1) is 0 Å². The first-order chi connectivity index (χ1) is 20.5. The lowest BCUT2D eigenvalue weighted by molar-refractivity contribution is -0.0504. The Morgan fingerprint density at radius 1 is 1.09 bits per heavy atom. The van der Waals surface area contributed by atoms with Gasteiger partial charge in [-0.3, -0.25) is 27.4 Å². The van der Waals surface area contributed by atoms with Gasteiger partial charge in [-0.2, -0.15) is 0 Å². The predicted octanol–water partition coefficient (Wildman–Crippen LogP) is 1.81. The molecule has 2 aliphatic rings. The third kappa shape index (κ3) is 6.19. The minimum Gasteiger partial charge on any atom is -0.398 e. The maximum atomic E-state index is 13.4. The molecule has 0 radical (unpaired) electrons. The van der Waals surface area contributed by atoms with Gasteiger partial charge in [-0.05, 0) is 12.1 Å². The van der Waals surface area contributed by atoms with E-state index < -0.39 is 57.0 Å². The Labute approximate surface area is 254 Å². The zero-order valence-corrected chi connectivity index (χ0v) is 25.8. The van der Waals surface area contributed by atoms with Gasteiger partial charge in [0.1, 0.15) is 36.3 Å². The third-order valence-corrected chi connectivity index (χ3v) is 9.66. The van der Waals surface area contributed by atoms with E-state index in [0.29, 0.717) is 11.3 Å². The Morgan fingerprint density at radius 2 is 1.88 bits per heavy atom. The van der Waals surface area contributed by atoms with Gasteiger partial charge >= 0.3 is 6.80 Å². The van der Waals surface area contributed by atoms with Crippen LogP contribution >= 0.6 is 38.5 Å². The van der Waals surface area contributed by atoms with Gasteiger partial charge in [-0.15, -0.1) is 0 Å². The summed E-state index contributed by atoms with van der Waals surface area (Å²) in [5, 5.41) is 22.5. The lowest BCUT2D eigenvalue weighted by atomic mass is 10.1. The van der Waals surface area contributed by atoms with Crippen LogP contribution in [0.15, 0.2) is 54.0 Å². The normalized spacial score (nSPS) is 29.8. The molecule has 4 aromatic heterocycles. The molecule has 0 amide bonds. The molecule has 0 aliphatic carbocycles. The monoisotopic (exact) mass is 674 g/mol. The number of hydrogen-bond acceptors (Lipinski definition) is 13. The van der Waals surface area contributed by atoms with Crippen molar-refractivity contribution in [3.63, 3.8) is 0 Å². The number of imidazole rings is 1. The average Bonchev–Trinajstić information content (AvgIpc) is 3.74. The van der Waals surface area contributed by atoms with Crippen LogP contribution in [0.25, 0.3) is 16.8 Å². The fourth-order valence-corrected chi connectivity index (χ4v) is 7.18. The van der Waals surface area contributed by atoms with Crippen molar-refractivity contribution in [3.05, 3.63) is 59.5 Å². The van der Waals surface area contributed by atoms with Crippen LogP contribution in [0.4, 0.5) is 5.69 Å². The fourth-order valence-electron chi connectivity index (χ4n) is 5.19. The predicted molar refractivity (Wildman–Crippen MR) is 159 cm³/mol. The molecule has 2 saturated heterocycles. The number of pyridine rings is 1. The molecule has 0 aromatic carbocycles. The molecule has 9 atom stereocenters. The highest BCUT2D eigenvalue weighted by Crippen LogP contribution is 2.57. The summed E-state index contributed by atoms with van der Waals surface area (Å²) < 4.78 is 57.5. The molecule has 20 heteroatoms. The minimum atomic E-state index is -4.25. The van der Waals surface area contributed by atoms with Gasteiger partial charge in [-0.25, -0.2) is 14.5 Å². The molecule has 4 aromatic rings. The van der Waals surface area contributed by atoms with Crippen LogP contribution in [-0.2, 0) is 32.2 Å². The van der Waals surface area contributed by atoms with Crippen LogP contribution in [0.5, 0.6) is 0 Å². The standard InChI is InChI=1S/C23H28N6O10P2S2/c24-13-1-4-25-21-12(13)2-6-28(21)18-9-14(30)15(37-18)11-36-41(34,43)39-20-19(32)16(10-35-40(33)42)38-22(20)29-7-3-17(31)27-8-5-26-23(27)29/h1-8,14-16,18-20,22,30,32,40H,9-11H2,(H2,24,25)(H,33,42)(H,34,43)/t14-,15+,16+,18+,19+,20+,22+,41?/m0/s1. The van der Waals surface area contributed by atoms with E-state index in [1.54, 1.807) is 29.1 Å². The highest BCUT2D eigenvalue weighted by molar-refractivity contribution is 8.44. The van der Waals surface area contributed by atoms with E-state index in [0.717, 1.165) is 5.39 Å². The number of aliphatic hydroxyl groups is 2. The number of anilines is 1. The Morgan fingerprint density at radius 3 is 2.67 bits per heavy atom. The zero-order valence-electron chi connectivity index (χ0n) is 22.1. The Bertz CT molecular complexity index is 1770. The Kier molecular flexibility index (Phi) is 8.80. The molecule has 6 rings (SSSR count). The van der Waals surface area contributed by atoms with Crippen LogP contribution < -0.4 is 11.3 Å². The summed E-state index contributed by atoms with van der Waals surface area (Å²) in [5.74, 6) is 0.153. The van der Waals surface area contributed by atoms with Crippen molar-refractivity contribution in [1.29, 1.82) is 0 Å². The molecule has 232 valence electrons. The smallest absolute Gasteiger partial charge is 0.386 e. The van der Waals surface area contributed by atoms with Crippen LogP contribution in [-0.4, -0.2) is 77.4 Å². The first-order valence-electron chi connectivity index (χ1n) is 13.0. The van der Waals surface area contributed by atoms with Gasteiger partial charge in [0.25, 0.3) is 5.56 Å². The van der Waals surface area contributed by atoms with Gasteiger partial charge in [0.2, 0.25) is 13.0 Å². The number of nitrogens with zero attached hydrogens (tertiary/aromatic N) is 5. The molecule has 0 saturated carbocycles. The Hall–Kier alpha value is -2.21. The van der Waals surface area contributed by atoms with Crippen molar-refractivity contribution in [2.75, 3.05) is 18.9 Å². The van der Waals surface area contributed by atoms with Crippen molar-refractivity contribution in [2.45, 2.75) is 49.4 Å². The summed E-state index contributed by atoms with van der Waals surface area (Å²) in [7, 11) is -2.66. The number of nitrogens with two attached hydrogens (primary N) is 1. The third-order valence-electron chi connectivity index (χ3n) is 7.25. The fraction of sp³-hybridized carbons (Fsp3) is 0.435. The number of hydrogen-bond donors (Lipinski definition) is 5. The molecule has 6 heterocycles. The number of fused-ring (bicyclic) bond motifs is 2. The van der Waals surface area contributed by atoms with E-state index in [4.69, 9.17) is 28.8 Å². The first-order valence-corrected chi connectivity index (χ1v) is 18.3. The van der Waals surface area contributed by atoms with E-state index in [2.05, 4.69) is 34.5 Å². The zero-order chi connectivity index (χ0) is 30.5. The molecule has 2 fully saturated rings. The van der Waals surface area contributed by atoms with Gasteiger partial charge in [0.05, 0.1) is 19.3 Å². The second-order valence-corrected chi connectivity index (χ2v) is 14.7. The summed E-state index contributed by atoms with van der Waals surface area (Å²) in [6.45, 7) is -4.93. The van der Waals surface area contributed by atoms with Gasteiger partial charge < -0.3 is 34.5 Å². The summed E-state index contributed by atoms with van der Waals surface area (Å²) in [6, 6.07) is 4.73. The number of ether oxygens (including phenoxy) is 2. The molecular formula is C23H28N6O10P2S2. The highest BCUT2D eigenvalue weighted by atomic mass is 32.7. The van der Waals surface area contributed by atoms with E-state index in [9.17, 15) is 24.1 Å². The molecule has 2 aliphatic heterocycles. The number of thiol groups is 2. The van der Waals surface area contributed by atoms with Gasteiger partial charge in [0.15, 0.2) is 6.23 Å². The van der Waals surface area contributed by atoms with Gasteiger partial charge in [0, 0.05) is 54.5 Å². The molecule has 0 bridgehead atoms. The van der Waals surface area contributed by atoms with E-state index in [-0.39, 0.29) is 31.0 Å². The second-order valence-electron chi connectivity index (χ2n) is 9.92. The van der Waals surface area contributed by atoms with Crippen molar-refractivity contribution < 1.29 is 42.4 Å². The molecule has 2 unspecified atom stereocenters. The maximum absolute atomic E-state index is 13.4. The topological polar surface area (TPSA) is 204 Å². The lowest BCUT2D eigenvalue weighted by Gasteiger charge is -2.26. The van der Waals surface area contributed by atoms with Gasteiger partial charge in [-0.1, -0.05) is 24.5 Å². The van der Waals surface area contributed by atoms with E-state index in [1.807, 2.05) is 0 Å². The molecule has 0 spiro atoms. The summed E-state index contributed by atoms with van der Waals surface area (Å²) in [5.41, 5.74) is 6.79. The summed E-state index contributed by atoms with van der Waals surface area (Å²) >= 11 is 7.84. The average molecular weight is 675 g/mol. The van der Waals surface area contributed by atoms with Crippen LogP contribution in [0.3, 0.4) is 0 Å². The second kappa shape index (κ2) is 12.3. The number of nitrogen functional groups attached to an aromatic ring is 1. The van der Waals surface area contributed by atoms with Crippen molar-refractivity contribution in [1.82, 2.24) is 23.5 Å². The van der Waals surface area contributed by atoms with Crippen LogP contribution in [0.2, 0.25) is 0 Å². The highest BCUT2D eigenvalue weighted by Gasteiger charge is 2.49. The molecule has 4 N–H and O–H groups in total. The van der Waals surface area contributed by atoms with Crippen LogP contribution in [0.1, 0.15) is 18.9 Å². The van der Waals surface area contributed by atoms with Crippen molar-refractivity contribution in [3.8, 4) is 0 Å². The van der Waals surface area contributed by atoms with Crippen molar-refractivity contribution >= 4 is 61.0 Å². The summed E-state index contributed by atoms with van der Waals surface area (Å²) in [4.78, 5) is 20.8. The molecule has 16 nitrogen and oxygen atoms in total. The quantitative estimate of drug-likeness (QED) is 0.120. The number of aromatic nitrogens is 5. The van der Waals surface area contributed by atoms with E-state index >= 15 is 0 Å². The number of aliphatic hydroxyl groups excluding tert-OH is 2. The Balaban J connectivity index is 1.18. The molecule has 43 heavy (non-hydrogen) atoms. The van der Waals surface area contributed by atoms with E-state index in [1.165, 1.54) is 33.6 Å². The maximum Gasteiger partial charge on any atom is 0.386 e. The lowest BCUT2D eigenvalue weighted by Crippen LogP contribution is -2.35. The largest absolute Gasteiger partial charge is 0.398 e. The number of rotatable bonds is 10. The summed E-state index contributed by atoms with van der Waals surface area (Å²) in [6.07, 6.45) is 0.178. The molecular weight excluding hydrogens is 646 g/mol. The SMILES string of the molecule is Nc1ccnc2c1ccn2[C@H]1C[C@H](O)[C@@H](COP(=O)(S)O[C@@H]2[C@H](O)[C@@H](CO[PH](=O)S)O[C@H]2n2ccc(=O)n3ccnc23)O1. The first kappa shape index (κ1) is 30.8. The minimum absolute atomic E-state index is 0.153.